The summed E-state index contributed by atoms with van der Waals surface area (Å²) in [5, 5.41) is 9.45. The van der Waals surface area contributed by atoms with Crippen LogP contribution in [0.1, 0.15) is 62.0 Å². The molecule has 0 aromatic heterocycles. The Balaban J connectivity index is 1.96. The quantitative estimate of drug-likeness (QED) is 0.907. The minimum atomic E-state index is -0.683. The Morgan fingerprint density at radius 2 is 1.95 bits per heavy atom. The van der Waals surface area contributed by atoms with Gasteiger partial charge in [-0.2, -0.15) is 0 Å². The van der Waals surface area contributed by atoms with E-state index in [2.05, 4.69) is 6.07 Å². The largest absolute Gasteiger partial charge is 0.496 e. The fraction of sp³-hybridized carbons (Fsp3) is 0.588. The number of hydrogen-bond acceptors (Lipinski definition) is 2. The van der Waals surface area contributed by atoms with Gasteiger partial charge in [0.25, 0.3) is 0 Å². The highest BCUT2D eigenvalue weighted by Gasteiger charge is 2.52. The van der Waals surface area contributed by atoms with E-state index in [9.17, 15) is 9.90 Å². The number of carboxylic acid groups (broad SMARTS) is 1. The van der Waals surface area contributed by atoms with Gasteiger partial charge in [-0.1, -0.05) is 31.4 Å². The maximum atomic E-state index is 11.5. The molecule has 108 valence electrons. The van der Waals surface area contributed by atoms with E-state index in [1.165, 1.54) is 37.7 Å². The van der Waals surface area contributed by atoms with Gasteiger partial charge in [0.2, 0.25) is 0 Å². The van der Waals surface area contributed by atoms with Gasteiger partial charge in [0.15, 0.2) is 0 Å². The fourth-order valence-electron chi connectivity index (χ4n) is 3.52. The van der Waals surface area contributed by atoms with Crippen molar-refractivity contribution in [3.8, 4) is 5.75 Å². The number of carbonyl (C=O) groups is 1. The molecule has 3 rings (SSSR count). The summed E-state index contributed by atoms with van der Waals surface area (Å²) in [6.07, 6.45) is 7.76. The summed E-state index contributed by atoms with van der Waals surface area (Å²) in [7, 11) is 1.70. The molecule has 0 heterocycles. The van der Waals surface area contributed by atoms with Gasteiger partial charge in [-0.15, -0.1) is 0 Å². The third kappa shape index (κ3) is 2.19. The second kappa shape index (κ2) is 5.12. The molecule has 2 aliphatic carbocycles. The molecule has 1 aromatic carbocycles. The molecule has 1 N–H and O–H groups in total. The van der Waals surface area contributed by atoms with Gasteiger partial charge in [0.05, 0.1) is 12.5 Å². The van der Waals surface area contributed by atoms with Crippen molar-refractivity contribution >= 4 is 5.97 Å². The van der Waals surface area contributed by atoms with Crippen LogP contribution >= 0.6 is 0 Å². The topological polar surface area (TPSA) is 46.5 Å². The number of ether oxygens (including phenoxy) is 1. The van der Waals surface area contributed by atoms with E-state index in [1.54, 1.807) is 7.11 Å². The van der Waals surface area contributed by atoms with Crippen LogP contribution in [0.3, 0.4) is 0 Å². The molecule has 3 nitrogen and oxygen atoms in total. The van der Waals surface area contributed by atoms with E-state index in [4.69, 9.17) is 4.74 Å². The number of hydrogen-bond donors (Lipinski definition) is 1. The van der Waals surface area contributed by atoms with E-state index in [0.29, 0.717) is 5.92 Å². The Hall–Kier alpha value is -1.51. The van der Waals surface area contributed by atoms with Crippen molar-refractivity contribution in [1.82, 2.24) is 0 Å². The molecule has 2 saturated carbocycles. The van der Waals surface area contributed by atoms with Crippen LogP contribution in [-0.4, -0.2) is 18.2 Å². The summed E-state index contributed by atoms with van der Waals surface area (Å²) in [5.41, 5.74) is 1.57. The first-order chi connectivity index (χ1) is 9.67. The molecule has 0 spiro atoms. The Morgan fingerprint density at radius 3 is 2.50 bits per heavy atom. The lowest BCUT2D eigenvalue weighted by molar-refractivity contribution is -0.140. The van der Waals surface area contributed by atoms with Crippen LogP contribution < -0.4 is 4.74 Å². The van der Waals surface area contributed by atoms with Crippen molar-refractivity contribution in [2.45, 2.75) is 56.3 Å². The normalized spacial score (nSPS) is 21.4. The number of benzene rings is 1. The fourth-order valence-corrected chi connectivity index (χ4v) is 3.52. The van der Waals surface area contributed by atoms with Gasteiger partial charge >= 0.3 is 5.97 Å². The minimum absolute atomic E-state index is 0.531. The van der Waals surface area contributed by atoms with E-state index in [-0.39, 0.29) is 0 Å². The Morgan fingerprint density at radius 1 is 1.25 bits per heavy atom. The minimum Gasteiger partial charge on any atom is -0.496 e. The molecule has 0 radical (unpaired) electrons. The first kappa shape index (κ1) is 13.5. The van der Waals surface area contributed by atoms with Crippen LogP contribution in [0.4, 0.5) is 0 Å². The number of aliphatic carboxylic acids is 1. The molecule has 0 amide bonds. The first-order valence-corrected chi connectivity index (χ1v) is 7.59. The predicted octanol–water partition coefficient (Wildman–Crippen LogP) is 3.86. The van der Waals surface area contributed by atoms with Crippen LogP contribution in [0.15, 0.2) is 18.2 Å². The van der Waals surface area contributed by atoms with Gasteiger partial charge in [0, 0.05) is 0 Å². The van der Waals surface area contributed by atoms with Crippen LogP contribution in [0, 0.1) is 0 Å². The molecule has 0 saturated heterocycles. The molecule has 2 aliphatic rings. The SMILES string of the molecule is COc1ccc(C2(C(=O)O)CC2)cc1C1CCCCC1. The Bertz CT molecular complexity index is 511. The van der Waals surface area contributed by atoms with Crippen LogP contribution in [0.2, 0.25) is 0 Å². The molecule has 0 unspecified atom stereocenters. The lowest BCUT2D eigenvalue weighted by Crippen LogP contribution is -2.20. The van der Waals surface area contributed by atoms with Gasteiger partial charge < -0.3 is 9.84 Å². The van der Waals surface area contributed by atoms with Gasteiger partial charge in [-0.05, 0) is 48.8 Å². The Kier molecular flexibility index (Phi) is 3.45. The second-order valence-electron chi connectivity index (χ2n) is 6.18. The summed E-state index contributed by atoms with van der Waals surface area (Å²) in [4.78, 5) is 11.5. The predicted molar refractivity (Wildman–Crippen MR) is 77.4 cm³/mol. The van der Waals surface area contributed by atoms with Crippen molar-refractivity contribution in [3.05, 3.63) is 29.3 Å². The van der Waals surface area contributed by atoms with Crippen LogP contribution in [0.25, 0.3) is 0 Å². The third-order valence-electron chi connectivity index (χ3n) is 4.99. The highest BCUT2D eigenvalue weighted by Crippen LogP contribution is 2.50. The van der Waals surface area contributed by atoms with Gasteiger partial charge in [-0.3, -0.25) is 4.79 Å². The molecular weight excluding hydrogens is 252 g/mol. The number of rotatable bonds is 4. The van der Waals surface area contributed by atoms with Crippen molar-refractivity contribution in [2.24, 2.45) is 0 Å². The monoisotopic (exact) mass is 274 g/mol. The number of methoxy groups -OCH3 is 1. The van der Waals surface area contributed by atoms with E-state index >= 15 is 0 Å². The zero-order valence-electron chi connectivity index (χ0n) is 12.0. The maximum absolute atomic E-state index is 11.5. The molecular formula is C17H22O3. The molecule has 20 heavy (non-hydrogen) atoms. The van der Waals surface area contributed by atoms with Gasteiger partial charge in [0.1, 0.15) is 5.75 Å². The second-order valence-corrected chi connectivity index (χ2v) is 6.18. The zero-order valence-corrected chi connectivity index (χ0v) is 12.0. The molecule has 0 aliphatic heterocycles. The highest BCUT2D eigenvalue weighted by molar-refractivity contribution is 5.85. The molecule has 1 aromatic rings. The molecule has 3 heteroatoms. The summed E-state index contributed by atoms with van der Waals surface area (Å²) in [5.74, 6) is 0.766. The van der Waals surface area contributed by atoms with Crippen LogP contribution in [0.5, 0.6) is 5.75 Å². The van der Waals surface area contributed by atoms with Crippen LogP contribution in [-0.2, 0) is 10.2 Å². The summed E-state index contributed by atoms with van der Waals surface area (Å²) in [6.45, 7) is 0. The lowest BCUT2D eigenvalue weighted by atomic mass is 9.81. The average molecular weight is 274 g/mol. The van der Waals surface area contributed by atoms with E-state index < -0.39 is 11.4 Å². The highest BCUT2D eigenvalue weighted by atomic mass is 16.5. The molecule has 0 bridgehead atoms. The van der Waals surface area contributed by atoms with Gasteiger partial charge in [-0.25, -0.2) is 0 Å². The Labute approximate surface area is 120 Å². The lowest BCUT2D eigenvalue weighted by Gasteiger charge is -2.25. The van der Waals surface area contributed by atoms with E-state index in [1.807, 2.05) is 12.1 Å². The molecule has 0 atom stereocenters. The zero-order chi connectivity index (χ0) is 14.2. The molecule has 2 fully saturated rings. The van der Waals surface area contributed by atoms with E-state index in [0.717, 1.165) is 24.2 Å². The smallest absolute Gasteiger partial charge is 0.314 e. The van der Waals surface area contributed by atoms with Crippen molar-refractivity contribution < 1.29 is 14.6 Å². The van der Waals surface area contributed by atoms with Crippen molar-refractivity contribution in [2.75, 3.05) is 7.11 Å². The standard InChI is InChI=1S/C17H22O3/c1-20-15-8-7-13(17(9-10-17)16(18)19)11-14(15)12-5-3-2-4-6-12/h7-8,11-12H,2-6,9-10H2,1H3,(H,18,19). The summed E-state index contributed by atoms with van der Waals surface area (Å²) >= 11 is 0. The van der Waals surface area contributed by atoms with Crippen molar-refractivity contribution in [3.63, 3.8) is 0 Å². The average Bonchev–Trinajstić information content (AvgIpc) is 3.29. The summed E-state index contributed by atoms with van der Waals surface area (Å²) < 4.78 is 5.50. The maximum Gasteiger partial charge on any atom is 0.314 e. The first-order valence-electron chi connectivity index (χ1n) is 7.59. The third-order valence-corrected chi connectivity index (χ3v) is 4.99. The van der Waals surface area contributed by atoms with Crippen molar-refractivity contribution in [1.29, 1.82) is 0 Å². The number of carboxylic acids is 1. The summed E-state index contributed by atoms with van der Waals surface area (Å²) in [6, 6.07) is 6.00.